The van der Waals surface area contributed by atoms with E-state index in [1.807, 2.05) is 0 Å². The van der Waals surface area contributed by atoms with Crippen LogP contribution in [0.2, 0.25) is 0 Å². The van der Waals surface area contributed by atoms with Gasteiger partial charge in [0.25, 0.3) is 5.91 Å². The third kappa shape index (κ3) is 3.85. The van der Waals surface area contributed by atoms with Crippen LogP contribution in [0.15, 0.2) is 41.6 Å². The number of aromatic nitrogens is 2. The average molecular weight is 276 g/mol. The van der Waals surface area contributed by atoms with Crippen LogP contribution < -0.4 is 11.1 Å². The fourth-order valence-corrected chi connectivity index (χ4v) is 1.99. The van der Waals surface area contributed by atoms with E-state index >= 15 is 0 Å². The van der Waals surface area contributed by atoms with Gasteiger partial charge in [-0.2, -0.15) is 0 Å². The number of carbonyl (C=O) groups excluding carboxylic acids is 2. The summed E-state index contributed by atoms with van der Waals surface area (Å²) in [6, 6.07) is 6.71. The van der Waals surface area contributed by atoms with Gasteiger partial charge in [0.15, 0.2) is 0 Å². The molecule has 0 atom stereocenters. The highest BCUT2D eigenvalue weighted by molar-refractivity contribution is 8.00. The van der Waals surface area contributed by atoms with Crippen LogP contribution in [0, 0.1) is 0 Å². The molecule has 7 heteroatoms. The van der Waals surface area contributed by atoms with Crippen molar-refractivity contribution in [1.82, 2.24) is 15.3 Å². The number of amides is 2. The Labute approximate surface area is 113 Å². The molecular weight excluding hydrogens is 264 g/mol. The second kappa shape index (κ2) is 6.05. The van der Waals surface area contributed by atoms with E-state index in [9.17, 15) is 9.59 Å². The van der Waals surface area contributed by atoms with Gasteiger partial charge in [0.1, 0.15) is 11.5 Å². The number of imide groups is 1. The average Bonchev–Trinajstić information content (AvgIpc) is 2.92. The van der Waals surface area contributed by atoms with Crippen LogP contribution in [0.25, 0.3) is 0 Å². The molecule has 0 bridgehead atoms. The fraction of sp³-hybridized carbons (Fsp3) is 0.0833. The first kappa shape index (κ1) is 13.2. The summed E-state index contributed by atoms with van der Waals surface area (Å²) in [5, 5.41) is 2.29. The Balaban J connectivity index is 1.82. The van der Waals surface area contributed by atoms with Crippen LogP contribution in [0.1, 0.15) is 10.5 Å². The molecule has 2 heterocycles. The maximum atomic E-state index is 11.6. The number of nitrogen functional groups attached to an aromatic ring is 1. The first-order chi connectivity index (χ1) is 9.15. The van der Waals surface area contributed by atoms with Gasteiger partial charge in [0.05, 0.1) is 5.75 Å². The summed E-state index contributed by atoms with van der Waals surface area (Å²) in [7, 11) is 0. The van der Waals surface area contributed by atoms with E-state index in [4.69, 9.17) is 5.73 Å². The van der Waals surface area contributed by atoms with E-state index < -0.39 is 5.91 Å². The highest BCUT2D eigenvalue weighted by atomic mass is 32.2. The van der Waals surface area contributed by atoms with Crippen molar-refractivity contribution in [2.24, 2.45) is 0 Å². The molecule has 0 spiro atoms. The zero-order valence-corrected chi connectivity index (χ0v) is 10.7. The zero-order chi connectivity index (χ0) is 13.7. The molecule has 0 unspecified atom stereocenters. The Hall–Kier alpha value is -2.28. The fourth-order valence-electron chi connectivity index (χ4n) is 1.33. The smallest absolute Gasteiger partial charge is 0.274 e. The Bertz CT molecular complexity index is 566. The van der Waals surface area contributed by atoms with E-state index in [0.29, 0.717) is 11.5 Å². The van der Waals surface area contributed by atoms with Gasteiger partial charge in [-0.3, -0.25) is 14.9 Å². The van der Waals surface area contributed by atoms with Gasteiger partial charge in [0.2, 0.25) is 5.91 Å². The predicted octanol–water partition coefficient (Wildman–Crippen LogP) is 1.04. The number of hydrogen-bond acceptors (Lipinski definition) is 5. The molecule has 0 saturated carbocycles. The lowest BCUT2D eigenvalue weighted by atomic mass is 10.4. The van der Waals surface area contributed by atoms with Crippen molar-refractivity contribution in [1.29, 1.82) is 0 Å². The molecule has 4 N–H and O–H groups in total. The van der Waals surface area contributed by atoms with Gasteiger partial charge in [-0.05, 0) is 24.3 Å². The minimum Gasteiger partial charge on any atom is -0.384 e. The van der Waals surface area contributed by atoms with Gasteiger partial charge in [-0.25, -0.2) is 4.98 Å². The Kier molecular flexibility index (Phi) is 4.19. The molecule has 0 aliphatic carbocycles. The summed E-state index contributed by atoms with van der Waals surface area (Å²) in [4.78, 5) is 30.6. The molecule has 2 aromatic heterocycles. The molecule has 0 radical (unpaired) electrons. The van der Waals surface area contributed by atoms with Gasteiger partial charge in [-0.15, -0.1) is 11.8 Å². The number of nitrogens with one attached hydrogen (secondary N) is 2. The normalized spacial score (nSPS) is 10.1. The summed E-state index contributed by atoms with van der Waals surface area (Å²) >= 11 is 1.28. The number of thioether (sulfide) groups is 1. The second-order valence-corrected chi connectivity index (χ2v) is 4.72. The van der Waals surface area contributed by atoms with E-state index in [1.165, 1.54) is 11.8 Å². The molecule has 2 rings (SSSR count). The molecule has 0 aromatic carbocycles. The largest absolute Gasteiger partial charge is 0.384 e. The third-order valence-electron chi connectivity index (χ3n) is 2.22. The highest BCUT2D eigenvalue weighted by Gasteiger charge is 2.10. The van der Waals surface area contributed by atoms with E-state index in [1.54, 1.807) is 36.7 Å². The zero-order valence-electron chi connectivity index (χ0n) is 9.92. The van der Waals surface area contributed by atoms with Crippen LogP contribution in [0.5, 0.6) is 0 Å². The summed E-state index contributed by atoms with van der Waals surface area (Å²) in [5.41, 5.74) is 5.81. The van der Waals surface area contributed by atoms with Crippen LogP contribution in [0.3, 0.4) is 0 Å². The molecule has 0 fully saturated rings. The monoisotopic (exact) mass is 276 g/mol. The molecule has 98 valence electrons. The van der Waals surface area contributed by atoms with Crippen molar-refractivity contribution in [2.75, 3.05) is 11.5 Å². The number of anilines is 1. The number of pyridine rings is 1. The molecule has 0 saturated heterocycles. The quantitative estimate of drug-likeness (QED) is 0.724. The van der Waals surface area contributed by atoms with Crippen molar-refractivity contribution >= 4 is 29.4 Å². The van der Waals surface area contributed by atoms with E-state index in [0.717, 1.165) is 4.90 Å². The Morgan fingerprint density at radius 1 is 1.37 bits per heavy atom. The van der Waals surface area contributed by atoms with Gasteiger partial charge in [-0.1, -0.05) is 0 Å². The minimum atomic E-state index is -0.439. The number of nitrogens with two attached hydrogens (primary N) is 1. The first-order valence-corrected chi connectivity index (χ1v) is 6.45. The molecule has 0 aliphatic heterocycles. The SMILES string of the molecule is Nc1ccc(SCC(=O)NC(=O)c2ccc[nH]2)cn1. The maximum Gasteiger partial charge on any atom is 0.274 e. The molecule has 6 nitrogen and oxygen atoms in total. The summed E-state index contributed by atoms with van der Waals surface area (Å²) in [6.45, 7) is 0. The molecule has 2 aromatic rings. The predicted molar refractivity (Wildman–Crippen MR) is 72.6 cm³/mol. The standard InChI is InChI=1S/C12H12N4O2S/c13-10-4-3-8(6-15-10)19-7-11(17)16-12(18)9-2-1-5-14-9/h1-6,14H,7H2,(H2,13,15)(H,16,17,18). The van der Waals surface area contributed by atoms with Crippen molar-refractivity contribution in [3.8, 4) is 0 Å². The molecular formula is C12H12N4O2S. The Morgan fingerprint density at radius 2 is 2.21 bits per heavy atom. The number of nitrogens with zero attached hydrogens (tertiary/aromatic N) is 1. The van der Waals surface area contributed by atoms with E-state index in [2.05, 4.69) is 15.3 Å². The van der Waals surface area contributed by atoms with Crippen molar-refractivity contribution in [3.05, 3.63) is 42.4 Å². The topological polar surface area (TPSA) is 101 Å². The molecule has 2 amide bonds. The van der Waals surface area contributed by atoms with Crippen LogP contribution in [-0.4, -0.2) is 27.5 Å². The van der Waals surface area contributed by atoms with Gasteiger partial charge in [0, 0.05) is 17.3 Å². The number of hydrogen-bond donors (Lipinski definition) is 3. The number of rotatable bonds is 4. The lowest BCUT2D eigenvalue weighted by Crippen LogP contribution is -2.32. The van der Waals surface area contributed by atoms with Gasteiger partial charge < -0.3 is 10.7 Å². The van der Waals surface area contributed by atoms with Crippen molar-refractivity contribution in [3.63, 3.8) is 0 Å². The second-order valence-electron chi connectivity index (χ2n) is 3.67. The van der Waals surface area contributed by atoms with E-state index in [-0.39, 0.29) is 11.7 Å². The maximum absolute atomic E-state index is 11.6. The van der Waals surface area contributed by atoms with Crippen molar-refractivity contribution < 1.29 is 9.59 Å². The lowest BCUT2D eigenvalue weighted by Gasteiger charge is -2.03. The molecule has 19 heavy (non-hydrogen) atoms. The number of carbonyl (C=O) groups is 2. The first-order valence-electron chi connectivity index (χ1n) is 5.47. The van der Waals surface area contributed by atoms with Crippen LogP contribution >= 0.6 is 11.8 Å². The highest BCUT2D eigenvalue weighted by Crippen LogP contribution is 2.16. The molecule has 0 aliphatic rings. The summed E-state index contributed by atoms with van der Waals surface area (Å²) in [5.74, 6) is -0.235. The van der Waals surface area contributed by atoms with Crippen LogP contribution in [0.4, 0.5) is 5.82 Å². The van der Waals surface area contributed by atoms with Crippen LogP contribution in [-0.2, 0) is 4.79 Å². The summed E-state index contributed by atoms with van der Waals surface area (Å²) in [6.07, 6.45) is 3.20. The Morgan fingerprint density at radius 3 is 2.84 bits per heavy atom. The number of H-pyrrole nitrogens is 1. The third-order valence-corrected chi connectivity index (χ3v) is 3.21. The number of aromatic amines is 1. The van der Waals surface area contributed by atoms with Crippen molar-refractivity contribution in [2.45, 2.75) is 4.90 Å². The summed E-state index contributed by atoms with van der Waals surface area (Å²) < 4.78 is 0. The van der Waals surface area contributed by atoms with Gasteiger partial charge >= 0.3 is 0 Å². The minimum absolute atomic E-state index is 0.137. The lowest BCUT2D eigenvalue weighted by molar-refractivity contribution is -0.117.